The maximum atomic E-state index is 3.88. The molecule has 56 heavy (non-hydrogen) atoms. The Morgan fingerprint density at radius 3 is 1.29 bits per heavy atom. The third-order valence-electron chi connectivity index (χ3n) is 11.4. The van der Waals surface area contributed by atoms with Gasteiger partial charge in [-0.15, -0.1) is 0 Å². The molecule has 1 aliphatic rings. The van der Waals surface area contributed by atoms with E-state index in [1.165, 1.54) is 71.4 Å². The van der Waals surface area contributed by atoms with Gasteiger partial charge in [-0.2, -0.15) is 0 Å². The number of rotatable bonds is 6. The normalized spacial score (nSPS) is 17.2. The summed E-state index contributed by atoms with van der Waals surface area (Å²) in [4.78, 5) is 0. The van der Waals surface area contributed by atoms with Crippen molar-refractivity contribution in [2.45, 2.75) is 18.5 Å². The Balaban J connectivity index is 1.08. The highest BCUT2D eigenvalue weighted by Gasteiger charge is 2.30. The Morgan fingerprint density at radius 1 is 0.286 bits per heavy atom. The summed E-state index contributed by atoms with van der Waals surface area (Å²) in [6.07, 6.45) is -0.189. The molecule has 2 aromatic heterocycles. The number of nitrogens with zero attached hydrogens (tertiary/aromatic N) is 2. The fourth-order valence-electron chi connectivity index (χ4n) is 8.80. The van der Waals surface area contributed by atoms with Crippen molar-refractivity contribution in [2.75, 3.05) is 0 Å². The van der Waals surface area contributed by atoms with Crippen LogP contribution in [0.3, 0.4) is 0 Å². The van der Waals surface area contributed by atoms with E-state index in [4.69, 9.17) is 0 Å². The Morgan fingerprint density at radius 2 is 0.714 bits per heavy atom. The first-order valence-electron chi connectivity index (χ1n) is 19.4. The lowest BCUT2D eigenvalue weighted by Gasteiger charge is -2.39. The second-order valence-electron chi connectivity index (χ2n) is 14.7. The molecule has 0 amide bonds. The maximum absolute atomic E-state index is 3.88. The molecule has 5 heteroatoms. The molecule has 0 saturated carbocycles. The average Bonchev–Trinajstić information content (AvgIpc) is 3.78. The van der Waals surface area contributed by atoms with Gasteiger partial charge in [0.25, 0.3) is 0 Å². The Kier molecular flexibility index (Phi) is 7.88. The van der Waals surface area contributed by atoms with Gasteiger partial charge in [0.1, 0.15) is 0 Å². The van der Waals surface area contributed by atoms with Gasteiger partial charge in [0, 0.05) is 32.9 Å². The van der Waals surface area contributed by atoms with Crippen molar-refractivity contribution in [1.29, 1.82) is 0 Å². The van der Waals surface area contributed by atoms with E-state index in [1.807, 2.05) is 0 Å². The fourth-order valence-corrected chi connectivity index (χ4v) is 8.80. The minimum atomic E-state index is -0.106. The van der Waals surface area contributed by atoms with Crippen molar-refractivity contribution in [1.82, 2.24) is 25.1 Å². The predicted molar refractivity (Wildman–Crippen MR) is 231 cm³/mol. The van der Waals surface area contributed by atoms with Crippen LogP contribution in [0.25, 0.3) is 66.1 Å². The molecule has 0 spiro atoms. The van der Waals surface area contributed by atoms with Crippen molar-refractivity contribution >= 4 is 43.6 Å². The molecule has 3 heterocycles. The predicted octanol–water partition coefficient (Wildman–Crippen LogP) is 11.7. The molecule has 2 unspecified atom stereocenters. The minimum absolute atomic E-state index is 0.0415. The molecule has 268 valence electrons. The van der Waals surface area contributed by atoms with E-state index >= 15 is 0 Å². The third-order valence-corrected chi connectivity index (χ3v) is 11.4. The van der Waals surface area contributed by atoms with Gasteiger partial charge in [0.05, 0.1) is 40.6 Å². The van der Waals surface area contributed by atoms with Crippen molar-refractivity contribution in [2.24, 2.45) is 0 Å². The summed E-state index contributed by atoms with van der Waals surface area (Å²) in [5.74, 6) is 0. The van der Waals surface area contributed by atoms with E-state index in [-0.39, 0.29) is 18.5 Å². The van der Waals surface area contributed by atoms with Crippen molar-refractivity contribution in [3.8, 4) is 22.5 Å². The molecular formula is C51H39N5. The highest BCUT2D eigenvalue weighted by atomic mass is 15.4. The van der Waals surface area contributed by atoms with Crippen LogP contribution < -0.4 is 16.0 Å². The summed E-state index contributed by atoms with van der Waals surface area (Å²) in [6.45, 7) is 0. The standard InChI is InChI=1S/C51H39N5/c1-4-16-34(17-5-1)37-22-14-24-39(30-37)55-45-28-12-10-26-41(45)43-32-44-42-27-11-13-29-46(42)56(48(44)33-47(43)55)40-25-15-23-38(31-40)51-53-49(35-18-6-2-7-19-35)52-50(54-51)36-20-8-3-9-21-36/h1-33,49-54H. The summed E-state index contributed by atoms with van der Waals surface area (Å²) in [5.41, 5.74) is 13.0. The molecule has 11 rings (SSSR count). The van der Waals surface area contributed by atoms with Crippen LogP contribution in [0.5, 0.6) is 0 Å². The average molecular weight is 722 g/mol. The summed E-state index contributed by atoms with van der Waals surface area (Å²) in [7, 11) is 0. The highest BCUT2D eigenvalue weighted by molar-refractivity contribution is 6.19. The lowest BCUT2D eigenvalue weighted by molar-refractivity contribution is 0.203. The summed E-state index contributed by atoms with van der Waals surface area (Å²) in [5, 5.41) is 16.5. The molecule has 0 bridgehead atoms. The molecule has 3 N–H and O–H groups in total. The van der Waals surface area contributed by atoms with Gasteiger partial charge in [0.2, 0.25) is 0 Å². The van der Waals surface area contributed by atoms with Gasteiger partial charge >= 0.3 is 0 Å². The number of para-hydroxylation sites is 2. The lowest BCUT2D eigenvalue weighted by atomic mass is 10.0. The highest BCUT2D eigenvalue weighted by Crippen LogP contribution is 2.40. The molecule has 5 nitrogen and oxygen atoms in total. The number of hydrogen-bond donors (Lipinski definition) is 3. The number of fused-ring (bicyclic) bond motifs is 6. The van der Waals surface area contributed by atoms with Gasteiger partial charge in [-0.3, -0.25) is 16.0 Å². The molecule has 0 radical (unpaired) electrons. The SMILES string of the molecule is c1ccc(-c2cccc(-n3c4ccccc4c4cc5c6ccccc6n(-c6cccc(C7NC(c8ccccc8)NC(c8ccccc8)N7)c6)c5cc43)c2)cc1. The van der Waals surface area contributed by atoms with Crippen LogP contribution in [-0.4, -0.2) is 9.13 Å². The van der Waals surface area contributed by atoms with E-state index in [2.05, 4.69) is 225 Å². The van der Waals surface area contributed by atoms with Crippen LogP contribution in [0.2, 0.25) is 0 Å². The number of nitrogens with one attached hydrogen (secondary N) is 3. The molecule has 0 aliphatic carbocycles. The number of benzene rings is 8. The maximum Gasteiger partial charge on any atom is 0.0865 e. The fraction of sp³-hybridized carbons (Fsp3) is 0.0588. The molecule has 10 aromatic rings. The van der Waals surface area contributed by atoms with Crippen molar-refractivity contribution < 1.29 is 0 Å². The smallest absolute Gasteiger partial charge is 0.0865 e. The van der Waals surface area contributed by atoms with E-state index in [0.29, 0.717) is 0 Å². The Hall–Kier alpha value is -6.76. The zero-order valence-corrected chi connectivity index (χ0v) is 30.7. The molecule has 2 atom stereocenters. The van der Waals surface area contributed by atoms with Crippen LogP contribution in [0.4, 0.5) is 0 Å². The second kappa shape index (κ2) is 13.5. The van der Waals surface area contributed by atoms with Crippen LogP contribution in [0.15, 0.2) is 200 Å². The van der Waals surface area contributed by atoms with Crippen LogP contribution in [-0.2, 0) is 0 Å². The van der Waals surface area contributed by atoms with Gasteiger partial charge in [-0.25, -0.2) is 0 Å². The molecule has 1 aliphatic heterocycles. The first kappa shape index (κ1) is 32.7. The molecule has 1 fully saturated rings. The van der Waals surface area contributed by atoms with Gasteiger partial charge in [0.15, 0.2) is 0 Å². The van der Waals surface area contributed by atoms with Gasteiger partial charge in [-0.05, 0) is 76.3 Å². The van der Waals surface area contributed by atoms with Crippen LogP contribution in [0, 0.1) is 0 Å². The van der Waals surface area contributed by atoms with E-state index < -0.39 is 0 Å². The zero-order valence-electron chi connectivity index (χ0n) is 30.7. The third kappa shape index (κ3) is 5.52. The molecule has 8 aromatic carbocycles. The molecule has 1 saturated heterocycles. The number of hydrogen-bond acceptors (Lipinski definition) is 3. The monoisotopic (exact) mass is 721 g/mol. The van der Waals surface area contributed by atoms with Gasteiger partial charge in [-0.1, -0.05) is 152 Å². The Bertz CT molecular complexity index is 2970. The first-order valence-corrected chi connectivity index (χ1v) is 19.4. The van der Waals surface area contributed by atoms with Crippen molar-refractivity contribution in [3.05, 3.63) is 217 Å². The van der Waals surface area contributed by atoms with E-state index in [9.17, 15) is 0 Å². The van der Waals surface area contributed by atoms with E-state index in [0.717, 1.165) is 11.4 Å². The van der Waals surface area contributed by atoms with Crippen LogP contribution >= 0.6 is 0 Å². The molecular weight excluding hydrogens is 683 g/mol. The van der Waals surface area contributed by atoms with Crippen molar-refractivity contribution in [3.63, 3.8) is 0 Å². The second-order valence-corrected chi connectivity index (χ2v) is 14.7. The quantitative estimate of drug-likeness (QED) is 0.160. The summed E-state index contributed by atoms with van der Waals surface area (Å²) < 4.78 is 4.88. The largest absolute Gasteiger partial charge is 0.309 e. The van der Waals surface area contributed by atoms with E-state index in [1.54, 1.807) is 0 Å². The minimum Gasteiger partial charge on any atom is -0.309 e. The van der Waals surface area contributed by atoms with Crippen LogP contribution in [0.1, 0.15) is 35.2 Å². The topological polar surface area (TPSA) is 46.0 Å². The number of aromatic nitrogens is 2. The summed E-state index contributed by atoms with van der Waals surface area (Å²) >= 11 is 0. The summed E-state index contributed by atoms with van der Waals surface area (Å²) in [6, 6.07) is 72.3. The van der Waals surface area contributed by atoms with Gasteiger partial charge < -0.3 is 9.13 Å². The Labute approximate surface area is 325 Å². The first-order chi connectivity index (χ1) is 27.8. The lowest BCUT2D eigenvalue weighted by Crippen LogP contribution is -2.54. The zero-order chi connectivity index (χ0) is 37.0.